The third-order valence-corrected chi connectivity index (χ3v) is 6.78. The van der Waals surface area contributed by atoms with E-state index in [1.54, 1.807) is 29.1 Å². The Balaban J connectivity index is 1.37. The number of benzene rings is 1. The maximum atomic E-state index is 14.5. The quantitative estimate of drug-likeness (QED) is 0.539. The molecule has 0 N–H and O–H groups in total. The average Bonchev–Trinajstić information content (AvgIpc) is 3.51. The molecule has 1 amide bonds. The highest BCUT2D eigenvalue weighted by Crippen LogP contribution is 2.36. The van der Waals surface area contributed by atoms with Crippen molar-refractivity contribution in [3.8, 4) is 0 Å². The molecule has 1 aromatic carbocycles. The molecule has 2 aliphatic heterocycles. The van der Waals surface area contributed by atoms with Crippen LogP contribution in [0.4, 0.5) is 14.6 Å². The minimum absolute atomic E-state index is 0.0209. The topological polar surface area (TPSA) is 57.0 Å². The highest BCUT2D eigenvalue weighted by atomic mass is 19.1. The van der Waals surface area contributed by atoms with E-state index < -0.39 is 11.6 Å². The Hall–Kier alpha value is -3.33. The number of amides is 1. The van der Waals surface area contributed by atoms with Gasteiger partial charge in [0.05, 0.1) is 12.2 Å². The molecule has 2 saturated heterocycles. The van der Waals surface area contributed by atoms with Gasteiger partial charge in [0.1, 0.15) is 17.5 Å². The van der Waals surface area contributed by atoms with E-state index in [-0.39, 0.29) is 11.9 Å². The number of piperazine rings is 1. The van der Waals surface area contributed by atoms with Gasteiger partial charge in [0.15, 0.2) is 5.65 Å². The zero-order valence-electron chi connectivity index (χ0n) is 19.2. The normalized spacial score (nSPS) is 19.6. The summed E-state index contributed by atoms with van der Waals surface area (Å²) in [6.45, 7) is 7.05. The summed E-state index contributed by atoms with van der Waals surface area (Å²) >= 11 is 0. The largest absolute Gasteiger partial charge is 0.349 e. The van der Waals surface area contributed by atoms with Gasteiger partial charge in [0, 0.05) is 56.1 Å². The highest BCUT2D eigenvalue weighted by molar-refractivity contribution is 5.92. The third-order valence-electron chi connectivity index (χ3n) is 6.78. The van der Waals surface area contributed by atoms with E-state index in [0.717, 1.165) is 57.2 Å². The third kappa shape index (κ3) is 4.40. The van der Waals surface area contributed by atoms with Crippen molar-refractivity contribution in [3.63, 3.8) is 0 Å². The Morgan fingerprint density at radius 2 is 1.97 bits per heavy atom. The van der Waals surface area contributed by atoms with Crippen molar-refractivity contribution >= 4 is 23.4 Å². The molecule has 2 aliphatic rings. The van der Waals surface area contributed by atoms with Crippen molar-refractivity contribution in [2.24, 2.45) is 0 Å². The molecule has 7 nitrogen and oxygen atoms in total. The van der Waals surface area contributed by atoms with Crippen LogP contribution < -0.4 is 4.90 Å². The molecule has 0 saturated carbocycles. The lowest BCUT2D eigenvalue weighted by atomic mass is 10.0. The van der Waals surface area contributed by atoms with Crippen LogP contribution in [0.2, 0.25) is 0 Å². The van der Waals surface area contributed by atoms with E-state index in [1.165, 1.54) is 12.1 Å². The van der Waals surface area contributed by atoms with Crippen molar-refractivity contribution in [1.82, 2.24) is 24.4 Å². The number of aromatic nitrogens is 3. The number of likely N-dealkylation sites (N-methyl/N-ethyl adjacent to an activating group) is 1. The van der Waals surface area contributed by atoms with Gasteiger partial charge in [-0.25, -0.2) is 18.3 Å². The fourth-order valence-corrected chi connectivity index (χ4v) is 4.84. The molecule has 0 bridgehead atoms. The van der Waals surface area contributed by atoms with Gasteiger partial charge < -0.3 is 14.7 Å². The monoisotopic (exact) mass is 466 g/mol. The van der Waals surface area contributed by atoms with Gasteiger partial charge in [-0.15, -0.1) is 0 Å². The lowest BCUT2D eigenvalue weighted by molar-refractivity contribution is -0.127. The molecule has 34 heavy (non-hydrogen) atoms. The maximum Gasteiger partial charge on any atom is 0.246 e. The van der Waals surface area contributed by atoms with E-state index in [1.807, 2.05) is 15.9 Å². The molecule has 9 heteroatoms. The number of hydrogen-bond donors (Lipinski definition) is 0. The van der Waals surface area contributed by atoms with Gasteiger partial charge in [0.2, 0.25) is 5.91 Å². The van der Waals surface area contributed by atoms with Gasteiger partial charge in [-0.1, -0.05) is 6.92 Å². The van der Waals surface area contributed by atoms with Gasteiger partial charge in [-0.05, 0) is 49.7 Å². The number of halogens is 2. The second-order valence-corrected chi connectivity index (χ2v) is 8.76. The van der Waals surface area contributed by atoms with Crippen molar-refractivity contribution in [3.05, 3.63) is 65.5 Å². The summed E-state index contributed by atoms with van der Waals surface area (Å²) in [5.74, 6) is -0.204. The predicted octanol–water partition coefficient (Wildman–Crippen LogP) is 3.53. The second-order valence-electron chi connectivity index (χ2n) is 8.76. The first-order valence-corrected chi connectivity index (χ1v) is 11.8. The van der Waals surface area contributed by atoms with E-state index in [4.69, 9.17) is 4.98 Å². The van der Waals surface area contributed by atoms with E-state index in [0.29, 0.717) is 23.6 Å². The number of nitrogens with zero attached hydrogens (tertiary/aromatic N) is 6. The van der Waals surface area contributed by atoms with Crippen LogP contribution in [0.5, 0.6) is 0 Å². The SMILES string of the molecule is CCN1CCN(C(=O)/C=C/c2cnn3ccc(N4CCCC4c4cc(F)ccc4F)nc23)CC1. The minimum atomic E-state index is -0.448. The smallest absolute Gasteiger partial charge is 0.246 e. The molecular formula is C25H28F2N6O. The van der Waals surface area contributed by atoms with E-state index in [9.17, 15) is 13.6 Å². The average molecular weight is 467 g/mol. The number of anilines is 1. The summed E-state index contributed by atoms with van der Waals surface area (Å²) in [5, 5.41) is 4.34. The molecular weight excluding hydrogens is 438 g/mol. The van der Waals surface area contributed by atoms with Crippen LogP contribution in [0, 0.1) is 11.6 Å². The molecule has 1 unspecified atom stereocenters. The Morgan fingerprint density at radius 1 is 1.15 bits per heavy atom. The molecule has 0 radical (unpaired) electrons. The lowest BCUT2D eigenvalue weighted by Crippen LogP contribution is -2.48. The van der Waals surface area contributed by atoms with E-state index in [2.05, 4.69) is 16.9 Å². The standard InChI is InChI=1S/C25H28F2N6O/c1-2-30-12-14-31(15-13-30)24(34)8-5-18-17-28-33-11-9-23(29-25(18)33)32-10-3-4-22(32)20-16-19(26)6-7-21(20)27/h5-9,11,16-17,22H,2-4,10,12-15H2,1H3/b8-5+. The molecule has 2 aromatic heterocycles. The number of rotatable bonds is 5. The van der Waals surface area contributed by atoms with Crippen molar-refractivity contribution < 1.29 is 13.6 Å². The van der Waals surface area contributed by atoms with Gasteiger partial charge in [-0.2, -0.15) is 5.10 Å². The molecule has 178 valence electrons. The number of fused-ring (bicyclic) bond motifs is 1. The summed E-state index contributed by atoms with van der Waals surface area (Å²) in [6, 6.07) is 5.14. The first kappa shape index (κ1) is 22.5. The van der Waals surface area contributed by atoms with Crippen molar-refractivity contribution in [2.45, 2.75) is 25.8 Å². The van der Waals surface area contributed by atoms with Crippen molar-refractivity contribution in [2.75, 3.05) is 44.2 Å². The first-order chi connectivity index (χ1) is 16.5. The Morgan fingerprint density at radius 3 is 2.76 bits per heavy atom. The lowest BCUT2D eigenvalue weighted by Gasteiger charge is -2.33. The fourth-order valence-electron chi connectivity index (χ4n) is 4.84. The molecule has 5 rings (SSSR count). The summed E-state index contributed by atoms with van der Waals surface area (Å²) in [6.07, 6.45) is 8.39. The molecule has 2 fully saturated rings. The predicted molar refractivity (Wildman–Crippen MR) is 126 cm³/mol. The fraction of sp³-hybridized carbons (Fsp3) is 0.400. The first-order valence-electron chi connectivity index (χ1n) is 11.8. The second kappa shape index (κ2) is 9.50. The van der Waals surface area contributed by atoms with Crippen LogP contribution in [0.25, 0.3) is 11.7 Å². The number of carbonyl (C=O) groups excluding carboxylic acids is 1. The Bertz CT molecular complexity index is 1220. The van der Waals surface area contributed by atoms with Gasteiger partial charge >= 0.3 is 0 Å². The molecule has 4 heterocycles. The van der Waals surface area contributed by atoms with Gasteiger partial charge in [0.25, 0.3) is 0 Å². The summed E-state index contributed by atoms with van der Waals surface area (Å²) in [7, 11) is 0. The van der Waals surface area contributed by atoms with Crippen molar-refractivity contribution in [1.29, 1.82) is 0 Å². The number of carbonyl (C=O) groups is 1. The Labute approximate surface area is 197 Å². The van der Waals surface area contributed by atoms with Crippen LogP contribution in [-0.4, -0.2) is 69.6 Å². The van der Waals surface area contributed by atoms with Crippen LogP contribution >= 0.6 is 0 Å². The van der Waals surface area contributed by atoms with Gasteiger partial charge in [-0.3, -0.25) is 4.79 Å². The maximum absolute atomic E-state index is 14.5. The minimum Gasteiger partial charge on any atom is -0.349 e. The number of hydrogen-bond acceptors (Lipinski definition) is 5. The zero-order valence-corrected chi connectivity index (χ0v) is 19.2. The summed E-state index contributed by atoms with van der Waals surface area (Å²) in [4.78, 5) is 23.6. The summed E-state index contributed by atoms with van der Waals surface area (Å²) < 4.78 is 29.9. The Kier molecular flexibility index (Phi) is 6.28. The van der Waals surface area contributed by atoms with Crippen LogP contribution in [0.3, 0.4) is 0 Å². The highest BCUT2D eigenvalue weighted by Gasteiger charge is 2.30. The molecule has 3 aromatic rings. The van der Waals surface area contributed by atoms with Crippen LogP contribution in [0.1, 0.15) is 36.9 Å². The zero-order chi connectivity index (χ0) is 23.7. The van der Waals surface area contributed by atoms with Crippen LogP contribution in [-0.2, 0) is 4.79 Å². The summed E-state index contributed by atoms with van der Waals surface area (Å²) in [5.41, 5.74) is 1.69. The molecule has 1 atom stereocenters. The molecule has 0 spiro atoms. The van der Waals surface area contributed by atoms with E-state index >= 15 is 0 Å². The molecule has 0 aliphatic carbocycles. The van der Waals surface area contributed by atoms with Crippen LogP contribution in [0.15, 0.2) is 42.7 Å².